The van der Waals surface area contributed by atoms with Crippen molar-refractivity contribution in [2.75, 3.05) is 10.6 Å². The first-order valence-corrected chi connectivity index (χ1v) is 7.55. The number of hydrogen-bond donors (Lipinski definition) is 2. The SMILES string of the molecule is O=C1CC(C2=NCc3ccccc3C2=O)Nc2ccccc2N1. The minimum atomic E-state index is -0.417. The fraction of sp³-hybridized carbons (Fsp3) is 0.167. The molecule has 23 heavy (non-hydrogen) atoms. The molecule has 1 unspecified atom stereocenters. The van der Waals surface area contributed by atoms with E-state index in [2.05, 4.69) is 15.6 Å². The van der Waals surface area contributed by atoms with Crippen LogP contribution in [-0.2, 0) is 11.3 Å². The standard InChI is InChI=1S/C18H15N3O2/c22-16-9-15(20-13-7-3-4-8-14(13)21-16)17-18(23)12-6-2-1-5-11(12)10-19-17/h1-8,15,20H,9-10H2,(H,21,22). The van der Waals surface area contributed by atoms with Crippen molar-refractivity contribution in [3.63, 3.8) is 0 Å². The van der Waals surface area contributed by atoms with Gasteiger partial charge in [0.05, 0.1) is 30.4 Å². The molecule has 5 heteroatoms. The summed E-state index contributed by atoms with van der Waals surface area (Å²) in [5, 5.41) is 6.14. The molecule has 0 radical (unpaired) electrons. The van der Waals surface area contributed by atoms with Gasteiger partial charge in [-0.05, 0) is 17.7 Å². The number of nitrogens with zero attached hydrogens (tertiary/aromatic N) is 1. The van der Waals surface area contributed by atoms with Crippen molar-refractivity contribution in [3.05, 3.63) is 59.7 Å². The Morgan fingerprint density at radius 2 is 1.70 bits per heavy atom. The van der Waals surface area contributed by atoms with Gasteiger partial charge in [0.2, 0.25) is 11.7 Å². The average Bonchev–Trinajstić information content (AvgIpc) is 2.73. The molecule has 1 amide bonds. The molecule has 0 aromatic heterocycles. The summed E-state index contributed by atoms with van der Waals surface area (Å²) in [4.78, 5) is 29.3. The molecule has 1 atom stereocenters. The Kier molecular flexibility index (Phi) is 3.19. The Labute approximate surface area is 133 Å². The summed E-state index contributed by atoms with van der Waals surface area (Å²) in [5.41, 5.74) is 3.56. The van der Waals surface area contributed by atoms with Gasteiger partial charge in [-0.2, -0.15) is 0 Å². The number of nitrogens with one attached hydrogen (secondary N) is 2. The normalized spacial score (nSPS) is 19.7. The van der Waals surface area contributed by atoms with Gasteiger partial charge in [0.1, 0.15) is 5.71 Å². The molecular formula is C18H15N3O2. The molecule has 114 valence electrons. The van der Waals surface area contributed by atoms with Gasteiger partial charge in [-0.3, -0.25) is 14.6 Å². The lowest BCUT2D eigenvalue weighted by molar-refractivity contribution is -0.116. The zero-order chi connectivity index (χ0) is 15.8. The van der Waals surface area contributed by atoms with Crippen LogP contribution < -0.4 is 10.6 Å². The molecule has 0 fully saturated rings. The third-order valence-electron chi connectivity index (χ3n) is 4.16. The van der Waals surface area contributed by atoms with E-state index in [0.717, 1.165) is 16.9 Å². The number of hydrogen-bond acceptors (Lipinski definition) is 4. The molecule has 2 aliphatic heterocycles. The third-order valence-corrected chi connectivity index (χ3v) is 4.16. The second kappa shape index (κ2) is 5.35. The minimum Gasteiger partial charge on any atom is -0.374 e. The monoisotopic (exact) mass is 305 g/mol. The van der Waals surface area contributed by atoms with Crippen LogP contribution >= 0.6 is 0 Å². The number of rotatable bonds is 1. The van der Waals surface area contributed by atoms with Gasteiger partial charge in [0, 0.05) is 5.56 Å². The van der Waals surface area contributed by atoms with Gasteiger partial charge < -0.3 is 10.6 Å². The Hall–Kier alpha value is -2.95. The number of fused-ring (bicyclic) bond motifs is 2. The summed E-state index contributed by atoms with van der Waals surface area (Å²) >= 11 is 0. The molecule has 5 nitrogen and oxygen atoms in total. The average molecular weight is 305 g/mol. The van der Waals surface area contributed by atoms with Crippen molar-refractivity contribution in [3.8, 4) is 0 Å². The van der Waals surface area contributed by atoms with E-state index in [9.17, 15) is 9.59 Å². The van der Waals surface area contributed by atoms with Gasteiger partial charge in [-0.25, -0.2) is 0 Å². The smallest absolute Gasteiger partial charge is 0.226 e. The number of Topliss-reactive ketones (excluding diaryl/α,β-unsaturated/α-hetero) is 1. The van der Waals surface area contributed by atoms with Crippen LogP contribution in [0.1, 0.15) is 22.3 Å². The number of carbonyl (C=O) groups excluding carboxylic acids is 2. The van der Waals surface area contributed by atoms with Crippen LogP contribution in [-0.4, -0.2) is 23.4 Å². The van der Waals surface area contributed by atoms with E-state index in [1.807, 2.05) is 48.5 Å². The lowest BCUT2D eigenvalue weighted by Gasteiger charge is -2.22. The zero-order valence-corrected chi connectivity index (χ0v) is 12.4. The highest BCUT2D eigenvalue weighted by atomic mass is 16.1. The molecule has 0 saturated carbocycles. The van der Waals surface area contributed by atoms with Crippen molar-refractivity contribution < 1.29 is 9.59 Å². The maximum atomic E-state index is 12.7. The Morgan fingerprint density at radius 3 is 2.57 bits per heavy atom. The summed E-state index contributed by atoms with van der Waals surface area (Å²) in [6.07, 6.45) is 0.182. The topological polar surface area (TPSA) is 70.6 Å². The van der Waals surface area contributed by atoms with Crippen molar-refractivity contribution in [2.24, 2.45) is 4.99 Å². The fourth-order valence-corrected chi connectivity index (χ4v) is 3.04. The molecule has 2 N–H and O–H groups in total. The number of anilines is 2. The van der Waals surface area contributed by atoms with Gasteiger partial charge in [0.15, 0.2) is 0 Å². The van der Waals surface area contributed by atoms with Crippen LogP contribution in [0.5, 0.6) is 0 Å². The molecule has 2 aliphatic rings. The first-order chi connectivity index (χ1) is 11.2. The number of para-hydroxylation sites is 2. The van der Waals surface area contributed by atoms with Gasteiger partial charge in [-0.1, -0.05) is 36.4 Å². The highest BCUT2D eigenvalue weighted by Gasteiger charge is 2.31. The number of amides is 1. The second-order valence-electron chi connectivity index (χ2n) is 5.68. The van der Waals surface area contributed by atoms with E-state index in [4.69, 9.17) is 0 Å². The Morgan fingerprint density at radius 1 is 0.957 bits per heavy atom. The predicted molar refractivity (Wildman–Crippen MR) is 89.0 cm³/mol. The summed E-state index contributed by atoms with van der Waals surface area (Å²) in [7, 11) is 0. The number of aliphatic imine (C=N–C) groups is 1. The van der Waals surface area contributed by atoms with Crippen LogP contribution in [0.25, 0.3) is 0 Å². The molecular weight excluding hydrogens is 290 g/mol. The summed E-state index contributed by atoms with van der Waals surface area (Å²) in [5.74, 6) is -0.224. The van der Waals surface area contributed by atoms with Crippen molar-refractivity contribution in [1.29, 1.82) is 0 Å². The lowest BCUT2D eigenvalue weighted by Crippen LogP contribution is -2.38. The minimum absolute atomic E-state index is 0.100. The van der Waals surface area contributed by atoms with Crippen LogP contribution in [0.15, 0.2) is 53.5 Å². The van der Waals surface area contributed by atoms with Crippen molar-refractivity contribution in [1.82, 2.24) is 0 Å². The largest absolute Gasteiger partial charge is 0.374 e. The molecule has 2 aromatic rings. The second-order valence-corrected chi connectivity index (χ2v) is 5.68. The van der Waals surface area contributed by atoms with Gasteiger partial charge >= 0.3 is 0 Å². The summed E-state index contributed by atoms with van der Waals surface area (Å²) in [6, 6.07) is 14.5. The molecule has 0 saturated heterocycles. The molecule has 4 rings (SSSR count). The van der Waals surface area contributed by atoms with Crippen LogP contribution in [0.4, 0.5) is 11.4 Å². The Bertz CT molecular complexity index is 842. The molecule has 0 aliphatic carbocycles. The summed E-state index contributed by atoms with van der Waals surface area (Å²) < 4.78 is 0. The molecule has 2 heterocycles. The zero-order valence-electron chi connectivity index (χ0n) is 12.4. The third kappa shape index (κ3) is 2.40. The van der Waals surface area contributed by atoms with E-state index in [1.54, 1.807) is 0 Å². The Balaban J connectivity index is 1.70. The van der Waals surface area contributed by atoms with E-state index in [-0.39, 0.29) is 18.1 Å². The number of benzene rings is 2. The quantitative estimate of drug-likeness (QED) is 0.851. The first-order valence-electron chi connectivity index (χ1n) is 7.55. The van der Waals surface area contributed by atoms with Crippen molar-refractivity contribution >= 4 is 28.8 Å². The van der Waals surface area contributed by atoms with Crippen LogP contribution in [0, 0.1) is 0 Å². The summed E-state index contributed by atoms with van der Waals surface area (Å²) in [6.45, 7) is 0.471. The maximum absolute atomic E-state index is 12.7. The molecule has 0 bridgehead atoms. The first kappa shape index (κ1) is 13.7. The van der Waals surface area contributed by atoms with Crippen LogP contribution in [0.2, 0.25) is 0 Å². The highest BCUT2D eigenvalue weighted by molar-refractivity contribution is 6.49. The van der Waals surface area contributed by atoms with E-state index in [0.29, 0.717) is 17.8 Å². The van der Waals surface area contributed by atoms with Gasteiger partial charge in [-0.15, -0.1) is 0 Å². The molecule has 2 aromatic carbocycles. The fourth-order valence-electron chi connectivity index (χ4n) is 3.04. The number of ketones is 1. The van der Waals surface area contributed by atoms with E-state index >= 15 is 0 Å². The van der Waals surface area contributed by atoms with Gasteiger partial charge in [0.25, 0.3) is 0 Å². The van der Waals surface area contributed by atoms with E-state index in [1.165, 1.54) is 0 Å². The van der Waals surface area contributed by atoms with Crippen LogP contribution in [0.3, 0.4) is 0 Å². The maximum Gasteiger partial charge on any atom is 0.226 e. The van der Waals surface area contributed by atoms with E-state index < -0.39 is 6.04 Å². The molecule has 0 spiro atoms. The lowest BCUT2D eigenvalue weighted by atomic mass is 9.92. The number of carbonyl (C=O) groups is 2. The predicted octanol–water partition coefficient (Wildman–Crippen LogP) is 2.65. The van der Waals surface area contributed by atoms with Crippen molar-refractivity contribution in [2.45, 2.75) is 19.0 Å². The highest BCUT2D eigenvalue weighted by Crippen LogP contribution is 2.27.